The van der Waals surface area contributed by atoms with E-state index in [1.807, 2.05) is 24.3 Å². The molecular formula is C16H13NO2. The van der Waals surface area contributed by atoms with E-state index < -0.39 is 0 Å². The molecule has 19 heavy (non-hydrogen) atoms. The maximum Gasteiger partial charge on any atom is 0.125 e. The highest BCUT2D eigenvalue weighted by Gasteiger charge is 2.34. The fourth-order valence-corrected chi connectivity index (χ4v) is 2.76. The molecule has 1 aliphatic heterocycles. The highest BCUT2D eigenvalue weighted by molar-refractivity contribution is 5.44. The third-order valence-corrected chi connectivity index (χ3v) is 3.61. The molecule has 0 fully saturated rings. The van der Waals surface area contributed by atoms with Crippen LogP contribution in [0.2, 0.25) is 0 Å². The molecule has 1 aromatic carbocycles. The van der Waals surface area contributed by atoms with E-state index >= 15 is 0 Å². The molecule has 1 N–H and O–H groups in total. The maximum absolute atomic E-state index is 5.55. The van der Waals surface area contributed by atoms with Crippen molar-refractivity contribution in [1.82, 2.24) is 5.32 Å². The Morgan fingerprint density at radius 1 is 0.684 bits per heavy atom. The predicted molar refractivity (Wildman–Crippen MR) is 70.7 cm³/mol. The van der Waals surface area contributed by atoms with E-state index in [0.717, 1.165) is 11.5 Å². The van der Waals surface area contributed by atoms with Crippen LogP contribution in [0.5, 0.6) is 0 Å². The molecule has 0 radical (unpaired) electrons. The highest BCUT2D eigenvalue weighted by atomic mass is 16.3. The summed E-state index contributed by atoms with van der Waals surface area (Å²) in [5.41, 5.74) is 2.50. The first kappa shape index (κ1) is 10.6. The van der Waals surface area contributed by atoms with Crippen LogP contribution in [0.3, 0.4) is 0 Å². The Hall–Kier alpha value is -2.26. The van der Waals surface area contributed by atoms with Gasteiger partial charge in [0.25, 0.3) is 0 Å². The topological polar surface area (TPSA) is 38.3 Å². The average Bonchev–Trinajstić information content (AvgIpc) is 3.18. The van der Waals surface area contributed by atoms with Gasteiger partial charge in [-0.3, -0.25) is 5.32 Å². The molecule has 2 unspecified atom stereocenters. The van der Waals surface area contributed by atoms with Gasteiger partial charge < -0.3 is 8.83 Å². The number of rotatable bonds is 2. The van der Waals surface area contributed by atoms with E-state index in [1.54, 1.807) is 12.5 Å². The summed E-state index contributed by atoms with van der Waals surface area (Å²) in [5, 5.41) is 3.57. The molecule has 94 valence electrons. The lowest BCUT2D eigenvalue weighted by Crippen LogP contribution is -2.18. The number of nitrogens with one attached hydrogen (secondary N) is 1. The van der Waals surface area contributed by atoms with Gasteiger partial charge in [-0.1, -0.05) is 24.3 Å². The molecular weight excluding hydrogens is 238 g/mol. The van der Waals surface area contributed by atoms with E-state index in [0.29, 0.717) is 0 Å². The number of hydrogen-bond donors (Lipinski definition) is 1. The smallest absolute Gasteiger partial charge is 0.125 e. The lowest BCUT2D eigenvalue weighted by atomic mass is 10.00. The molecule has 0 amide bonds. The average molecular weight is 251 g/mol. The second-order valence-electron chi connectivity index (χ2n) is 4.69. The summed E-state index contributed by atoms with van der Waals surface area (Å²) >= 11 is 0. The Morgan fingerprint density at radius 2 is 1.21 bits per heavy atom. The number of hydrogen-bond acceptors (Lipinski definition) is 3. The van der Waals surface area contributed by atoms with Crippen LogP contribution >= 0.6 is 0 Å². The molecule has 2 aromatic heterocycles. The normalized spacial score (nSPS) is 21.5. The molecule has 3 heteroatoms. The second kappa shape index (κ2) is 4.14. The Morgan fingerprint density at radius 3 is 1.63 bits per heavy atom. The van der Waals surface area contributed by atoms with Crippen molar-refractivity contribution in [3.05, 3.63) is 83.7 Å². The molecule has 1 aliphatic rings. The van der Waals surface area contributed by atoms with Crippen molar-refractivity contribution < 1.29 is 8.83 Å². The van der Waals surface area contributed by atoms with Crippen LogP contribution < -0.4 is 5.32 Å². The van der Waals surface area contributed by atoms with Crippen LogP contribution in [0.15, 0.2) is 69.9 Å². The number of benzene rings is 1. The minimum Gasteiger partial charge on any atom is -0.467 e. The van der Waals surface area contributed by atoms with Crippen LogP contribution in [-0.2, 0) is 0 Å². The standard InChI is InChI=1S/C16H13NO2/c1-2-6-12-11(5-1)15(13-7-3-9-18-13)17-16(12)14-8-4-10-19-14/h1-10,15-17H. The number of furan rings is 2. The first-order valence-corrected chi connectivity index (χ1v) is 6.35. The summed E-state index contributed by atoms with van der Waals surface area (Å²) in [6.07, 6.45) is 3.42. The van der Waals surface area contributed by atoms with Gasteiger partial charge in [-0.05, 0) is 35.4 Å². The summed E-state index contributed by atoms with van der Waals surface area (Å²) in [4.78, 5) is 0. The number of fused-ring (bicyclic) bond motifs is 1. The molecule has 0 saturated carbocycles. The fraction of sp³-hybridized carbons (Fsp3) is 0.125. The van der Waals surface area contributed by atoms with E-state index in [4.69, 9.17) is 8.83 Å². The molecule has 3 heterocycles. The van der Waals surface area contributed by atoms with Gasteiger partial charge in [-0.2, -0.15) is 0 Å². The van der Waals surface area contributed by atoms with Gasteiger partial charge in [0, 0.05) is 0 Å². The monoisotopic (exact) mass is 251 g/mol. The zero-order chi connectivity index (χ0) is 12.7. The van der Waals surface area contributed by atoms with Crippen molar-refractivity contribution in [1.29, 1.82) is 0 Å². The van der Waals surface area contributed by atoms with Crippen LogP contribution in [0.1, 0.15) is 34.7 Å². The summed E-state index contributed by atoms with van der Waals surface area (Å²) in [6.45, 7) is 0. The van der Waals surface area contributed by atoms with E-state index in [2.05, 4.69) is 29.6 Å². The lowest BCUT2D eigenvalue weighted by Gasteiger charge is -2.11. The first-order chi connectivity index (χ1) is 9.43. The van der Waals surface area contributed by atoms with Gasteiger partial charge in [0.1, 0.15) is 11.5 Å². The van der Waals surface area contributed by atoms with Gasteiger partial charge in [0.2, 0.25) is 0 Å². The van der Waals surface area contributed by atoms with Crippen LogP contribution in [0.4, 0.5) is 0 Å². The van der Waals surface area contributed by atoms with Gasteiger partial charge in [-0.25, -0.2) is 0 Å². The summed E-state index contributed by atoms with van der Waals surface area (Å²) in [5.74, 6) is 1.86. The highest BCUT2D eigenvalue weighted by Crippen LogP contribution is 2.40. The minimum atomic E-state index is 0.0845. The van der Waals surface area contributed by atoms with Crippen molar-refractivity contribution in [3.63, 3.8) is 0 Å². The molecule has 0 bridgehead atoms. The molecule has 0 aliphatic carbocycles. The van der Waals surface area contributed by atoms with Crippen molar-refractivity contribution in [2.24, 2.45) is 0 Å². The van der Waals surface area contributed by atoms with Crippen molar-refractivity contribution in [3.8, 4) is 0 Å². The van der Waals surface area contributed by atoms with Crippen molar-refractivity contribution in [2.75, 3.05) is 0 Å². The SMILES string of the molecule is c1coc(C2NC(c3ccco3)c3ccccc32)c1. The Bertz CT molecular complexity index is 611. The lowest BCUT2D eigenvalue weighted by molar-refractivity contribution is 0.417. The maximum atomic E-state index is 5.55. The van der Waals surface area contributed by atoms with Crippen molar-refractivity contribution >= 4 is 0 Å². The van der Waals surface area contributed by atoms with Gasteiger partial charge in [-0.15, -0.1) is 0 Å². The van der Waals surface area contributed by atoms with Crippen LogP contribution in [0, 0.1) is 0 Å². The first-order valence-electron chi connectivity index (χ1n) is 6.35. The van der Waals surface area contributed by atoms with E-state index in [9.17, 15) is 0 Å². The van der Waals surface area contributed by atoms with Crippen LogP contribution in [-0.4, -0.2) is 0 Å². The van der Waals surface area contributed by atoms with Crippen molar-refractivity contribution in [2.45, 2.75) is 12.1 Å². The van der Waals surface area contributed by atoms with E-state index in [1.165, 1.54) is 11.1 Å². The minimum absolute atomic E-state index is 0.0845. The zero-order valence-electron chi connectivity index (χ0n) is 10.2. The van der Waals surface area contributed by atoms with Crippen LogP contribution in [0.25, 0.3) is 0 Å². The summed E-state index contributed by atoms with van der Waals surface area (Å²) in [7, 11) is 0. The van der Waals surface area contributed by atoms with E-state index in [-0.39, 0.29) is 12.1 Å². The molecule has 4 rings (SSSR count). The molecule has 3 aromatic rings. The second-order valence-corrected chi connectivity index (χ2v) is 4.69. The third kappa shape index (κ3) is 1.63. The van der Waals surface area contributed by atoms with Gasteiger partial charge in [0.05, 0.1) is 24.6 Å². The Kier molecular flexibility index (Phi) is 2.32. The molecule has 3 nitrogen and oxygen atoms in total. The Labute approximate surface area is 110 Å². The fourth-order valence-electron chi connectivity index (χ4n) is 2.76. The summed E-state index contributed by atoms with van der Waals surface area (Å²) < 4.78 is 11.1. The molecule has 2 atom stereocenters. The quantitative estimate of drug-likeness (QED) is 0.755. The summed E-state index contributed by atoms with van der Waals surface area (Å²) in [6, 6.07) is 16.4. The predicted octanol–water partition coefficient (Wildman–Crippen LogP) is 3.65. The molecule has 0 saturated heterocycles. The molecule has 0 spiro atoms. The Balaban J connectivity index is 1.82. The zero-order valence-corrected chi connectivity index (χ0v) is 10.2. The third-order valence-electron chi connectivity index (χ3n) is 3.61. The van der Waals surface area contributed by atoms with Gasteiger partial charge in [0.15, 0.2) is 0 Å². The van der Waals surface area contributed by atoms with Gasteiger partial charge >= 0.3 is 0 Å². The largest absolute Gasteiger partial charge is 0.467 e.